The van der Waals surface area contributed by atoms with Gasteiger partial charge in [0.25, 0.3) is 0 Å². The first-order chi connectivity index (χ1) is 10.1. The number of thiophene rings is 1. The van der Waals surface area contributed by atoms with Crippen LogP contribution in [0.2, 0.25) is 5.02 Å². The molecule has 2 aromatic rings. The highest BCUT2D eigenvalue weighted by molar-refractivity contribution is 7.09. The standard InChI is InChI=1S/C18H24ClNS/c1-14(2)12-20-13-16(11-18-4-3-9-21-18)10-15-5-7-17(19)8-6-15/h3-9,14,16,20H,10-13H2,1-2H3. The fourth-order valence-corrected chi connectivity index (χ4v) is 3.41. The summed E-state index contributed by atoms with van der Waals surface area (Å²) in [5, 5.41) is 6.58. The minimum absolute atomic E-state index is 0.628. The fraction of sp³-hybridized carbons (Fsp3) is 0.444. The lowest BCUT2D eigenvalue weighted by atomic mass is 9.95. The van der Waals surface area contributed by atoms with Gasteiger partial charge >= 0.3 is 0 Å². The Balaban J connectivity index is 1.95. The van der Waals surface area contributed by atoms with Gasteiger partial charge in [0.15, 0.2) is 0 Å². The predicted octanol–water partition coefficient (Wildman–Crippen LogP) is 5.05. The van der Waals surface area contributed by atoms with E-state index >= 15 is 0 Å². The average molecular weight is 322 g/mol. The van der Waals surface area contributed by atoms with Crippen molar-refractivity contribution >= 4 is 22.9 Å². The molecule has 0 radical (unpaired) electrons. The summed E-state index contributed by atoms with van der Waals surface area (Å²) in [6.07, 6.45) is 2.24. The van der Waals surface area contributed by atoms with Crippen LogP contribution in [0.3, 0.4) is 0 Å². The van der Waals surface area contributed by atoms with E-state index < -0.39 is 0 Å². The quantitative estimate of drug-likeness (QED) is 0.717. The molecule has 0 spiro atoms. The van der Waals surface area contributed by atoms with Crippen LogP contribution in [0.1, 0.15) is 24.3 Å². The lowest BCUT2D eigenvalue weighted by molar-refractivity contribution is 0.447. The summed E-state index contributed by atoms with van der Waals surface area (Å²) in [6, 6.07) is 12.6. The van der Waals surface area contributed by atoms with Crippen molar-refractivity contribution in [1.82, 2.24) is 5.32 Å². The summed E-state index contributed by atoms with van der Waals surface area (Å²) >= 11 is 7.83. The second-order valence-electron chi connectivity index (χ2n) is 6.03. The number of benzene rings is 1. The molecule has 1 unspecified atom stereocenters. The van der Waals surface area contributed by atoms with Crippen molar-refractivity contribution in [2.24, 2.45) is 11.8 Å². The molecular formula is C18H24ClNS. The van der Waals surface area contributed by atoms with Crippen molar-refractivity contribution in [2.45, 2.75) is 26.7 Å². The highest BCUT2D eigenvalue weighted by Gasteiger charge is 2.12. The Morgan fingerprint density at radius 2 is 1.81 bits per heavy atom. The predicted molar refractivity (Wildman–Crippen MR) is 94.4 cm³/mol. The van der Waals surface area contributed by atoms with Gasteiger partial charge in [-0.1, -0.05) is 43.6 Å². The molecule has 2 rings (SSSR count). The van der Waals surface area contributed by atoms with Crippen molar-refractivity contribution in [3.63, 3.8) is 0 Å². The SMILES string of the molecule is CC(C)CNCC(Cc1ccc(Cl)cc1)Cc1cccs1. The van der Waals surface area contributed by atoms with E-state index in [0.717, 1.165) is 31.0 Å². The van der Waals surface area contributed by atoms with Crippen LogP contribution in [0.25, 0.3) is 0 Å². The third kappa shape index (κ3) is 6.21. The Labute approximate surface area is 137 Å². The van der Waals surface area contributed by atoms with Crippen LogP contribution in [0.5, 0.6) is 0 Å². The maximum absolute atomic E-state index is 5.97. The Bertz CT molecular complexity index is 505. The van der Waals surface area contributed by atoms with E-state index in [2.05, 4.69) is 48.8 Å². The summed E-state index contributed by atoms with van der Waals surface area (Å²) in [7, 11) is 0. The van der Waals surface area contributed by atoms with Crippen LogP contribution in [-0.4, -0.2) is 13.1 Å². The molecule has 0 saturated carbocycles. The highest BCUT2D eigenvalue weighted by Crippen LogP contribution is 2.19. The lowest BCUT2D eigenvalue weighted by Gasteiger charge is -2.18. The molecule has 3 heteroatoms. The van der Waals surface area contributed by atoms with Gasteiger partial charge < -0.3 is 5.32 Å². The second-order valence-corrected chi connectivity index (χ2v) is 7.50. The first-order valence-corrected chi connectivity index (χ1v) is 8.87. The Morgan fingerprint density at radius 3 is 2.43 bits per heavy atom. The van der Waals surface area contributed by atoms with E-state index in [-0.39, 0.29) is 0 Å². The molecular weight excluding hydrogens is 298 g/mol. The van der Waals surface area contributed by atoms with Crippen LogP contribution in [0, 0.1) is 11.8 Å². The Kier molecular flexibility index (Phi) is 6.75. The van der Waals surface area contributed by atoms with Crippen molar-refractivity contribution in [2.75, 3.05) is 13.1 Å². The number of hydrogen-bond donors (Lipinski definition) is 1. The zero-order valence-electron chi connectivity index (χ0n) is 12.8. The zero-order chi connectivity index (χ0) is 15.1. The van der Waals surface area contributed by atoms with Gasteiger partial charge in [0.1, 0.15) is 0 Å². The molecule has 114 valence electrons. The maximum Gasteiger partial charge on any atom is 0.0406 e. The summed E-state index contributed by atoms with van der Waals surface area (Å²) in [6.45, 7) is 6.65. The molecule has 1 aromatic heterocycles. The topological polar surface area (TPSA) is 12.0 Å². The monoisotopic (exact) mass is 321 g/mol. The first-order valence-electron chi connectivity index (χ1n) is 7.61. The molecule has 1 atom stereocenters. The molecule has 1 heterocycles. The Hall–Kier alpha value is -0.830. The van der Waals surface area contributed by atoms with Gasteiger partial charge in [-0.05, 0) is 66.9 Å². The molecule has 0 aliphatic heterocycles. The molecule has 0 saturated heterocycles. The highest BCUT2D eigenvalue weighted by atomic mass is 35.5. The van der Waals surface area contributed by atoms with E-state index in [4.69, 9.17) is 11.6 Å². The second kappa shape index (κ2) is 8.57. The van der Waals surface area contributed by atoms with Gasteiger partial charge in [-0.15, -0.1) is 11.3 Å². The van der Waals surface area contributed by atoms with E-state index in [1.54, 1.807) is 0 Å². The summed E-state index contributed by atoms with van der Waals surface area (Å²) in [5.74, 6) is 1.33. The third-order valence-electron chi connectivity index (χ3n) is 3.49. The number of halogens is 1. The van der Waals surface area contributed by atoms with E-state index in [1.807, 2.05) is 23.5 Å². The van der Waals surface area contributed by atoms with Crippen LogP contribution in [0.4, 0.5) is 0 Å². The summed E-state index contributed by atoms with van der Waals surface area (Å²) in [4.78, 5) is 1.47. The Morgan fingerprint density at radius 1 is 1.05 bits per heavy atom. The third-order valence-corrected chi connectivity index (χ3v) is 4.64. The van der Waals surface area contributed by atoms with E-state index in [1.165, 1.54) is 10.4 Å². The smallest absolute Gasteiger partial charge is 0.0406 e. The van der Waals surface area contributed by atoms with Crippen molar-refractivity contribution in [3.8, 4) is 0 Å². The first kappa shape index (κ1) is 16.5. The average Bonchev–Trinajstić information content (AvgIpc) is 2.94. The van der Waals surface area contributed by atoms with Gasteiger partial charge in [0.05, 0.1) is 0 Å². The van der Waals surface area contributed by atoms with Crippen molar-refractivity contribution in [3.05, 3.63) is 57.2 Å². The van der Waals surface area contributed by atoms with E-state index in [9.17, 15) is 0 Å². The van der Waals surface area contributed by atoms with Gasteiger partial charge in [0, 0.05) is 9.90 Å². The normalized spacial score (nSPS) is 12.8. The number of nitrogens with one attached hydrogen (secondary N) is 1. The number of rotatable bonds is 8. The minimum atomic E-state index is 0.628. The summed E-state index contributed by atoms with van der Waals surface area (Å²) < 4.78 is 0. The summed E-state index contributed by atoms with van der Waals surface area (Å²) in [5.41, 5.74) is 1.37. The molecule has 0 aliphatic rings. The maximum atomic E-state index is 5.97. The van der Waals surface area contributed by atoms with E-state index in [0.29, 0.717) is 11.8 Å². The lowest BCUT2D eigenvalue weighted by Crippen LogP contribution is -2.28. The molecule has 0 amide bonds. The minimum Gasteiger partial charge on any atom is -0.316 e. The van der Waals surface area contributed by atoms with Crippen molar-refractivity contribution < 1.29 is 0 Å². The van der Waals surface area contributed by atoms with Crippen molar-refractivity contribution in [1.29, 1.82) is 0 Å². The van der Waals surface area contributed by atoms with Gasteiger partial charge in [-0.2, -0.15) is 0 Å². The fourth-order valence-electron chi connectivity index (χ4n) is 2.46. The van der Waals surface area contributed by atoms with Crippen LogP contribution in [-0.2, 0) is 12.8 Å². The largest absolute Gasteiger partial charge is 0.316 e. The van der Waals surface area contributed by atoms with Gasteiger partial charge in [0.2, 0.25) is 0 Å². The molecule has 0 bridgehead atoms. The molecule has 1 nitrogen and oxygen atoms in total. The van der Waals surface area contributed by atoms with Crippen LogP contribution < -0.4 is 5.32 Å². The molecule has 1 N–H and O–H groups in total. The zero-order valence-corrected chi connectivity index (χ0v) is 14.4. The molecule has 0 fully saturated rings. The molecule has 0 aliphatic carbocycles. The van der Waals surface area contributed by atoms with Crippen LogP contribution in [0.15, 0.2) is 41.8 Å². The van der Waals surface area contributed by atoms with Gasteiger partial charge in [-0.3, -0.25) is 0 Å². The van der Waals surface area contributed by atoms with Gasteiger partial charge in [-0.25, -0.2) is 0 Å². The van der Waals surface area contributed by atoms with Crippen LogP contribution >= 0.6 is 22.9 Å². The number of hydrogen-bond acceptors (Lipinski definition) is 2. The molecule has 1 aromatic carbocycles. The molecule has 21 heavy (non-hydrogen) atoms.